The van der Waals surface area contributed by atoms with Crippen LogP contribution in [0.15, 0.2) is 71.6 Å². The van der Waals surface area contributed by atoms with Gasteiger partial charge in [0.1, 0.15) is 5.82 Å². The fourth-order valence-corrected chi connectivity index (χ4v) is 5.28. The van der Waals surface area contributed by atoms with E-state index in [1.54, 1.807) is 24.3 Å². The summed E-state index contributed by atoms with van der Waals surface area (Å²) in [5.74, 6) is -0.638. The lowest BCUT2D eigenvalue weighted by Crippen LogP contribution is -2.42. The quantitative estimate of drug-likeness (QED) is 0.677. The molecule has 4 rings (SSSR count). The van der Waals surface area contributed by atoms with E-state index < -0.39 is 10.0 Å². The van der Waals surface area contributed by atoms with Crippen molar-refractivity contribution in [1.82, 2.24) is 9.62 Å². The number of benzene rings is 3. The number of carbonyl (C=O) groups is 1. The molecule has 0 saturated carbocycles. The number of rotatable bonds is 5. The van der Waals surface area contributed by atoms with Gasteiger partial charge in [-0.05, 0) is 53.4 Å². The molecule has 3 aromatic rings. The Kier molecular flexibility index (Phi) is 5.83. The second-order valence-electron chi connectivity index (χ2n) is 7.53. The van der Waals surface area contributed by atoms with E-state index in [1.165, 1.54) is 16.4 Å². The number of sulfonamides is 1. The lowest BCUT2D eigenvalue weighted by molar-refractivity contribution is -0.126. The Labute approximate surface area is 175 Å². The molecular weight excluding hydrogens is 403 g/mol. The molecule has 1 aliphatic heterocycles. The second-order valence-corrected chi connectivity index (χ2v) is 9.47. The van der Waals surface area contributed by atoms with E-state index in [9.17, 15) is 17.6 Å². The Hall–Kier alpha value is -2.77. The SMILES string of the molecule is O=C(NCc1ccc(F)cc1)C1CCN(S(=O)(=O)c2ccc3ccccc3c2)CC1. The molecule has 0 spiro atoms. The van der Waals surface area contributed by atoms with Gasteiger partial charge < -0.3 is 5.32 Å². The van der Waals surface area contributed by atoms with Crippen molar-refractivity contribution in [3.63, 3.8) is 0 Å². The van der Waals surface area contributed by atoms with E-state index in [-0.39, 0.29) is 22.5 Å². The zero-order valence-corrected chi connectivity index (χ0v) is 17.2. The van der Waals surface area contributed by atoms with Crippen molar-refractivity contribution in [1.29, 1.82) is 0 Å². The van der Waals surface area contributed by atoms with E-state index >= 15 is 0 Å². The molecule has 0 atom stereocenters. The van der Waals surface area contributed by atoms with Crippen LogP contribution in [0, 0.1) is 11.7 Å². The van der Waals surface area contributed by atoms with E-state index in [0.717, 1.165) is 16.3 Å². The number of hydrogen-bond acceptors (Lipinski definition) is 3. The minimum Gasteiger partial charge on any atom is -0.352 e. The summed E-state index contributed by atoms with van der Waals surface area (Å²) in [4.78, 5) is 12.7. The highest BCUT2D eigenvalue weighted by molar-refractivity contribution is 7.89. The molecule has 0 aliphatic carbocycles. The Morgan fingerprint density at radius 3 is 2.33 bits per heavy atom. The molecule has 1 heterocycles. The van der Waals surface area contributed by atoms with Gasteiger partial charge in [0.15, 0.2) is 0 Å². The van der Waals surface area contributed by atoms with Crippen molar-refractivity contribution in [3.05, 3.63) is 78.1 Å². The number of fused-ring (bicyclic) bond motifs is 1. The fourth-order valence-electron chi connectivity index (χ4n) is 3.77. The van der Waals surface area contributed by atoms with E-state index in [0.29, 0.717) is 32.5 Å². The van der Waals surface area contributed by atoms with Crippen LogP contribution in [0.2, 0.25) is 0 Å². The Balaban J connectivity index is 1.36. The standard InChI is InChI=1S/C23H23FN2O3S/c24-21-8-5-17(6-9-21)16-25-23(27)19-11-13-26(14-12-19)30(28,29)22-10-7-18-3-1-2-4-20(18)15-22/h1-10,15,19H,11-14,16H2,(H,25,27). The van der Waals surface area contributed by atoms with Crippen LogP contribution >= 0.6 is 0 Å². The molecule has 1 aliphatic rings. The summed E-state index contributed by atoms with van der Waals surface area (Å²) in [6.07, 6.45) is 0.949. The third-order valence-corrected chi connectivity index (χ3v) is 7.46. The Morgan fingerprint density at radius 1 is 0.967 bits per heavy atom. The van der Waals surface area contributed by atoms with Gasteiger partial charge in [-0.1, -0.05) is 42.5 Å². The summed E-state index contributed by atoms with van der Waals surface area (Å²) >= 11 is 0. The summed E-state index contributed by atoms with van der Waals surface area (Å²) in [6, 6.07) is 18.8. The summed E-state index contributed by atoms with van der Waals surface area (Å²) in [5.41, 5.74) is 0.820. The molecule has 0 radical (unpaired) electrons. The highest BCUT2D eigenvalue weighted by Crippen LogP contribution is 2.26. The molecule has 1 amide bonds. The monoisotopic (exact) mass is 426 g/mol. The molecule has 0 aromatic heterocycles. The van der Waals surface area contributed by atoms with Crippen LogP contribution in [0.1, 0.15) is 18.4 Å². The first kappa shape index (κ1) is 20.5. The maximum Gasteiger partial charge on any atom is 0.243 e. The predicted octanol–water partition coefficient (Wildman–Crippen LogP) is 3.70. The van der Waals surface area contributed by atoms with Crippen molar-refractivity contribution >= 4 is 26.7 Å². The molecule has 1 saturated heterocycles. The van der Waals surface area contributed by atoms with Crippen LogP contribution in [0.4, 0.5) is 4.39 Å². The van der Waals surface area contributed by atoms with Gasteiger partial charge in [0.25, 0.3) is 0 Å². The fraction of sp³-hybridized carbons (Fsp3) is 0.261. The van der Waals surface area contributed by atoms with Crippen molar-refractivity contribution in [3.8, 4) is 0 Å². The average molecular weight is 427 g/mol. The predicted molar refractivity (Wildman–Crippen MR) is 114 cm³/mol. The van der Waals surface area contributed by atoms with Gasteiger partial charge in [-0.25, -0.2) is 12.8 Å². The van der Waals surface area contributed by atoms with Crippen molar-refractivity contribution < 1.29 is 17.6 Å². The van der Waals surface area contributed by atoms with Crippen LogP contribution in [0.25, 0.3) is 10.8 Å². The van der Waals surface area contributed by atoms with E-state index in [2.05, 4.69) is 5.32 Å². The van der Waals surface area contributed by atoms with Gasteiger partial charge in [0.05, 0.1) is 4.90 Å². The molecule has 1 N–H and O–H groups in total. The number of piperidine rings is 1. The lowest BCUT2D eigenvalue weighted by atomic mass is 9.97. The van der Waals surface area contributed by atoms with Crippen LogP contribution < -0.4 is 5.32 Å². The number of nitrogens with zero attached hydrogens (tertiary/aromatic N) is 1. The molecule has 0 bridgehead atoms. The number of amides is 1. The van der Waals surface area contributed by atoms with Gasteiger partial charge in [-0.2, -0.15) is 4.31 Å². The maximum atomic E-state index is 13.0. The van der Waals surface area contributed by atoms with Gasteiger partial charge in [-0.3, -0.25) is 4.79 Å². The summed E-state index contributed by atoms with van der Waals surface area (Å²) < 4.78 is 40.5. The highest BCUT2D eigenvalue weighted by atomic mass is 32.2. The topological polar surface area (TPSA) is 66.5 Å². The Morgan fingerprint density at radius 2 is 1.63 bits per heavy atom. The van der Waals surface area contributed by atoms with Gasteiger partial charge in [0.2, 0.25) is 15.9 Å². The number of halogens is 1. The first-order chi connectivity index (χ1) is 14.4. The Bertz CT molecular complexity index is 1150. The van der Waals surface area contributed by atoms with Gasteiger partial charge >= 0.3 is 0 Å². The van der Waals surface area contributed by atoms with Crippen molar-refractivity contribution in [2.24, 2.45) is 5.92 Å². The van der Waals surface area contributed by atoms with Crippen molar-refractivity contribution in [2.75, 3.05) is 13.1 Å². The smallest absolute Gasteiger partial charge is 0.243 e. The van der Waals surface area contributed by atoms with Crippen molar-refractivity contribution in [2.45, 2.75) is 24.3 Å². The first-order valence-electron chi connectivity index (χ1n) is 9.94. The third kappa shape index (κ3) is 4.37. The average Bonchev–Trinajstić information content (AvgIpc) is 2.78. The largest absolute Gasteiger partial charge is 0.352 e. The second kappa shape index (κ2) is 8.53. The summed E-state index contributed by atoms with van der Waals surface area (Å²) in [5, 5.41) is 4.74. The molecular formula is C23H23FN2O3S. The third-order valence-electron chi connectivity index (χ3n) is 5.56. The van der Waals surface area contributed by atoms with Crippen LogP contribution in [-0.2, 0) is 21.4 Å². The maximum absolute atomic E-state index is 13.0. The molecule has 3 aromatic carbocycles. The highest BCUT2D eigenvalue weighted by Gasteiger charge is 2.32. The minimum atomic E-state index is -3.60. The summed E-state index contributed by atoms with van der Waals surface area (Å²) in [6.45, 7) is 0.947. The lowest BCUT2D eigenvalue weighted by Gasteiger charge is -2.30. The number of hydrogen-bond donors (Lipinski definition) is 1. The van der Waals surface area contributed by atoms with Gasteiger partial charge in [0, 0.05) is 25.6 Å². The van der Waals surface area contributed by atoms with E-state index in [4.69, 9.17) is 0 Å². The number of nitrogens with one attached hydrogen (secondary N) is 1. The van der Waals surface area contributed by atoms with Crippen LogP contribution in [-0.4, -0.2) is 31.7 Å². The summed E-state index contributed by atoms with van der Waals surface area (Å²) in [7, 11) is -3.60. The molecule has 5 nitrogen and oxygen atoms in total. The normalized spacial score (nSPS) is 15.9. The van der Waals surface area contributed by atoms with Gasteiger partial charge in [-0.15, -0.1) is 0 Å². The molecule has 156 valence electrons. The minimum absolute atomic E-state index is 0.0953. The molecule has 0 unspecified atom stereocenters. The zero-order valence-electron chi connectivity index (χ0n) is 16.4. The van der Waals surface area contributed by atoms with Crippen LogP contribution in [0.5, 0.6) is 0 Å². The zero-order chi connectivity index (χ0) is 21.1. The first-order valence-corrected chi connectivity index (χ1v) is 11.4. The molecule has 30 heavy (non-hydrogen) atoms. The van der Waals surface area contributed by atoms with Crippen LogP contribution in [0.3, 0.4) is 0 Å². The molecule has 7 heteroatoms. The van der Waals surface area contributed by atoms with E-state index in [1.807, 2.05) is 30.3 Å². The number of carbonyl (C=O) groups excluding carboxylic acids is 1. The molecule has 1 fully saturated rings.